The van der Waals surface area contributed by atoms with Crippen LogP contribution in [-0.2, 0) is 5.41 Å². The van der Waals surface area contributed by atoms with Gasteiger partial charge in [0.1, 0.15) is 22.4 Å². The van der Waals surface area contributed by atoms with E-state index < -0.39 is 0 Å². The first kappa shape index (κ1) is 17.9. The predicted molar refractivity (Wildman–Crippen MR) is 100 cm³/mol. The molecule has 1 saturated heterocycles. The zero-order chi connectivity index (χ0) is 17.9. The Labute approximate surface area is 154 Å². The summed E-state index contributed by atoms with van der Waals surface area (Å²) in [5.41, 5.74) is -0.0357. The molecule has 2 aromatic heterocycles. The standard InChI is InChI=1S/C19H25ClN4O/c1-19(2,3)18-22-9-5-17(23-18)24-10-6-14(7-11-24)13-25-16-4-8-21-12-15(16)20/h4-5,8-9,12,14H,6-7,10-11,13H2,1-3H3. The predicted octanol–water partition coefficient (Wildman–Crippen LogP) is 4.12. The van der Waals surface area contributed by atoms with Crippen LogP contribution < -0.4 is 9.64 Å². The second kappa shape index (κ2) is 7.56. The van der Waals surface area contributed by atoms with E-state index >= 15 is 0 Å². The molecule has 134 valence electrons. The Bertz CT molecular complexity index is 709. The number of aromatic nitrogens is 3. The second-order valence-electron chi connectivity index (χ2n) is 7.54. The Morgan fingerprint density at radius 2 is 1.96 bits per heavy atom. The van der Waals surface area contributed by atoms with Crippen LogP contribution in [-0.4, -0.2) is 34.6 Å². The van der Waals surface area contributed by atoms with Gasteiger partial charge in [0.05, 0.1) is 6.61 Å². The minimum absolute atomic E-state index is 0.0357. The topological polar surface area (TPSA) is 51.1 Å². The molecule has 0 atom stereocenters. The summed E-state index contributed by atoms with van der Waals surface area (Å²) in [7, 11) is 0. The summed E-state index contributed by atoms with van der Waals surface area (Å²) in [4.78, 5) is 15.5. The number of halogens is 1. The number of rotatable bonds is 4. The van der Waals surface area contributed by atoms with Gasteiger partial charge in [0.25, 0.3) is 0 Å². The fourth-order valence-corrected chi connectivity index (χ4v) is 3.08. The van der Waals surface area contributed by atoms with Gasteiger partial charge in [-0.25, -0.2) is 9.97 Å². The van der Waals surface area contributed by atoms with Crippen LogP contribution in [0.4, 0.5) is 5.82 Å². The van der Waals surface area contributed by atoms with Crippen LogP contribution in [0.1, 0.15) is 39.4 Å². The van der Waals surface area contributed by atoms with Gasteiger partial charge in [0.15, 0.2) is 0 Å². The third-order valence-corrected chi connectivity index (χ3v) is 4.74. The van der Waals surface area contributed by atoms with Crippen LogP contribution in [0.5, 0.6) is 5.75 Å². The van der Waals surface area contributed by atoms with Crippen LogP contribution >= 0.6 is 11.6 Å². The summed E-state index contributed by atoms with van der Waals surface area (Å²) in [6, 6.07) is 3.81. The van der Waals surface area contributed by atoms with Crippen LogP contribution in [0.3, 0.4) is 0 Å². The van der Waals surface area contributed by atoms with E-state index in [1.807, 2.05) is 18.3 Å². The van der Waals surface area contributed by atoms with Crippen molar-refractivity contribution >= 4 is 17.4 Å². The van der Waals surface area contributed by atoms with Crippen molar-refractivity contribution < 1.29 is 4.74 Å². The third kappa shape index (κ3) is 4.60. The summed E-state index contributed by atoms with van der Waals surface area (Å²) in [5.74, 6) is 3.16. The van der Waals surface area contributed by atoms with Gasteiger partial charge in [-0.3, -0.25) is 4.98 Å². The number of pyridine rings is 1. The van der Waals surface area contributed by atoms with Crippen molar-refractivity contribution in [1.29, 1.82) is 0 Å². The van der Waals surface area contributed by atoms with Gasteiger partial charge in [-0.05, 0) is 24.8 Å². The maximum Gasteiger partial charge on any atom is 0.141 e. The molecule has 0 bridgehead atoms. The monoisotopic (exact) mass is 360 g/mol. The second-order valence-corrected chi connectivity index (χ2v) is 7.94. The van der Waals surface area contributed by atoms with Gasteiger partial charge in [-0.2, -0.15) is 0 Å². The Morgan fingerprint density at radius 1 is 1.20 bits per heavy atom. The SMILES string of the molecule is CC(C)(C)c1nccc(N2CCC(COc3ccncc3Cl)CC2)n1. The summed E-state index contributed by atoms with van der Waals surface area (Å²) in [6.45, 7) is 9.08. The number of ether oxygens (including phenoxy) is 1. The highest BCUT2D eigenvalue weighted by atomic mass is 35.5. The molecule has 25 heavy (non-hydrogen) atoms. The van der Waals surface area contributed by atoms with E-state index in [4.69, 9.17) is 21.3 Å². The van der Waals surface area contributed by atoms with E-state index in [0.717, 1.165) is 37.6 Å². The fourth-order valence-electron chi connectivity index (χ4n) is 2.90. The van der Waals surface area contributed by atoms with Gasteiger partial charge in [0, 0.05) is 43.2 Å². The molecule has 1 aliphatic heterocycles. The van der Waals surface area contributed by atoms with Crippen molar-refractivity contribution in [2.24, 2.45) is 5.92 Å². The van der Waals surface area contributed by atoms with Crippen LogP contribution in [0, 0.1) is 5.92 Å². The van der Waals surface area contributed by atoms with E-state index in [1.165, 1.54) is 0 Å². The van der Waals surface area contributed by atoms with Crippen LogP contribution in [0.15, 0.2) is 30.7 Å². The van der Waals surface area contributed by atoms with Crippen molar-refractivity contribution in [3.05, 3.63) is 41.6 Å². The minimum atomic E-state index is -0.0357. The van der Waals surface area contributed by atoms with Crippen molar-refractivity contribution in [3.8, 4) is 5.75 Å². The fraction of sp³-hybridized carbons (Fsp3) is 0.526. The molecular weight excluding hydrogens is 336 g/mol. The lowest BCUT2D eigenvalue weighted by molar-refractivity contribution is 0.222. The first-order chi connectivity index (χ1) is 11.9. The molecule has 3 rings (SSSR count). The van der Waals surface area contributed by atoms with Crippen molar-refractivity contribution in [3.63, 3.8) is 0 Å². The zero-order valence-corrected chi connectivity index (χ0v) is 15.8. The lowest BCUT2D eigenvalue weighted by Crippen LogP contribution is -2.36. The molecule has 6 heteroatoms. The normalized spacial score (nSPS) is 16.1. The van der Waals surface area contributed by atoms with E-state index in [-0.39, 0.29) is 5.41 Å². The maximum absolute atomic E-state index is 6.09. The number of piperidine rings is 1. The van der Waals surface area contributed by atoms with Crippen molar-refractivity contribution in [2.45, 2.75) is 39.0 Å². The van der Waals surface area contributed by atoms with E-state index in [1.54, 1.807) is 12.4 Å². The lowest BCUT2D eigenvalue weighted by Gasteiger charge is -2.33. The Hall–Kier alpha value is -1.88. The molecule has 2 aromatic rings. The van der Waals surface area contributed by atoms with E-state index in [9.17, 15) is 0 Å². The molecule has 0 saturated carbocycles. The number of anilines is 1. The molecule has 0 unspecified atom stereocenters. The first-order valence-electron chi connectivity index (χ1n) is 8.74. The lowest BCUT2D eigenvalue weighted by atomic mass is 9.95. The van der Waals surface area contributed by atoms with E-state index in [2.05, 4.69) is 35.6 Å². The molecule has 0 amide bonds. The van der Waals surface area contributed by atoms with Gasteiger partial charge in [-0.1, -0.05) is 32.4 Å². The average Bonchev–Trinajstić information content (AvgIpc) is 2.61. The molecule has 0 aliphatic carbocycles. The smallest absolute Gasteiger partial charge is 0.141 e. The van der Waals surface area contributed by atoms with Gasteiger partial charge in [-0.15, -0.1) is 0 Å². The van der Waals surface area contributed by atoms with Crippen LogP contribution in [0.2, 0.25) is 5.02 Å². The molecule has 1 fully saturated rings. The molecule has 0 aromatic carbocycles. The highest BCUT2D eigenvalue weighted by molar-refractivity contribution is 6.31. The highest BCUT2D eigenvalue weighted by Gasteiger charge is 2.23. The molecule has 0 radical (unpaired) electrons. The van der Waals surface area contributed by atoms with Gasteiger partial charge in [0.2, 0.25) is 0 Å². The number of nitrogens with zero attached hydrogens (tertiary/aromatic N) is 4. The quantitative estimate of drug-likeness (QED) is 0.820. The summed E-state index contributed by atoms with van der Waals surface area (Å²) in [5, 5.41) is 0.565. The molecule has 0 spiro atoms. The molecule has 1 aliphatic rings. The van der Waals surface area contributed by atoms with E-state index in [0.29, 0.717) is 23.3 Å². The molecule has 0 N–H and O–H groups in total. The summed E-state index contributed by atoms with van der Waals surface area (Å²) in [6.07, 6.45) is 7.34. The van der Waals surface area contributed by atoms with Gasteiger partial charge >= 0.3 is 0 Å². The Balaban J connectivity index is 1.55. The minimum Gasteiger partial charge on any atom is -0.492 e. The number of hydrogen-bond donors (Lipinski definition) is 0. The third-order valence-electron chi connectivity index (χ3n) is 4.46. The Kier molecular flexibility index (Phi) is 5.42. The van der Waals surface area contributed by atoms with Gasteiger partial charge < -0.3 is 9.64 Å². The number of hydrogen-bond acceptors (Lipinski definition) is 5. The maximum atomic E-state index is 6.09. The van der Waals surface area contributed by atoms with Crippen molar-refractivity contribution in [2.75, 3.05) is 24.6 Å². The molecule has 3 heterocycles. The van der Waals surface area contributed by atoms with Crippen molar-refractivity contribution in [1.82, 2.24) is 15.0 Å². The first-order valence-corrected chi connectivity index (χ1v) is 9.12. The highest BCUT2D eigenvalue weighted by Crippen LogP contribution is 2.27. The zero-order valence-electron chi connectivity index (χ0n) is 15.1. The summed E-state index contributed by atoms with van der Waals surface area (Å²) < 4.78 is 5.86. The average molecular weight is 361 g/mol. The summed E-state index contributed by atoms with van der Waals surface area (Å²) >= 11 is 6.09. The molecule has 5 nitrogen and oxygen atoms in total. The molecular formula is C19H25ClN4O. The Morgan fingerprint density at radius 3 is 2.64 bits per heavy atom. The largest absolute Gasteiger partial charge is 0.492 e. The van der Waals surface area contributed by atoms with Crippen LogP contribution in [0.25, 0.3) is 0 Å².